The van der Waals surface area contributed by atoms with E-state index in [1.54, 1.807) is 29.8 Å². The van der Waals surface area contributed by atoms with Gasteiger partial charge in [0.2, 0.25) is 5.91 Å². The molecule has 0 aliphatic carbocycles. The summed E-state index contributed by atoms with van der Waals surface area (Å²) in [6.45, 7) is 6.76. The molecule has 0 N–H and O–H groups in total. The lowest BCUT2D eigenvalue weighted by Gasteiger charge is -2.30. The maximum Gasteiger partial charge on any atom is 0.261 e. The molecule has 1 aromatic carbocycles. The Kier molecular flexibility index (Phi) is 7.21. The zero-order valence-corrected chi connectivity index (χ0v) is 16.8. The summed E-state index contributed by atoms with van der Waals surface area (Å²) in [6.07, 6.45) is 4.42. The molecule has 142 valence electrons. The van der Waals surface area contributed by atoms with Gasteiger partial charge in [-0.05, 0) is 38.0 Å². The summed E-state index contributed by atoms with van der Waals surface area (Å²) in [5, 5.41) is 1.07. The molecule has 1 heterocycles. The second kappa shape index (κ2) is 9.17. The first kappa shape index (κ1) is 20.4. The molecule has 1 aromatic heterocycles. The zero-order valence-electron chi connectivity index (χ0n) is 16.1. The number of amides is 1. The molecule has 0 saturated carbocycles. The van der Waals surface area contributed by atoms with Crippen molar-refractivity contribution in [3.8, 4) is 0 Å². The van der Waals surface area contributed by atoms with E-state index in [1.165, 1.54) is 0 Å². The normalized spacial score (nSPS) is 12.3. The SMILES string of the molecule is CCCCCN(C(=O)CCC)C(C)c1nc2cc(Cl)ccc2c(=O)n1C. The van der Waals surface area contributed by atoms with Crippen LogP contribution in [-0.2, 0) is 11.8 Å². The number of carbonyl (C=O) groups is 1. The summed E-state index contributed by atoms with van der Waals surface area (Å²) >= 11 is 6.07. The zero-order chi connectivity index (χ0) is 19.3. The number of halogens is 1. The maximum absolute atomic E-state index is 12.7. The fourth-order valence-corrected chi connectivity index (χ4v) is 3.36. The largest absolute Gasteiger partial charge is 0.333 e. The third-order valence-corrected chi connectivity index (χ3v) is 4.94. The number of unbranched alkanes of at least 4 members (excludes halogenated alkanes) is 2. The Morgan fingerprint density at radius 1 is 1.27 bits per heavy atom. The van der Waals surface area contributed by atoms with Gasteiger partial charge in [-0.1, -0.05) is 38.3 Å². The summed E-state index contributed by atoms with van der Waals surface area (Å²) in [5.41, 5.74) is 0.448. The molecular weight excluding hydrogens is 350 g/mol. The molecule has 2 aromatic rings. The van der Waals surface area contributed by atoms with Crippen LogP contribution in [-0.4, -0.2) is 26.9 Å². The number of benzene rings is 1. The monoisotopic (exact) mass is 377 g/mol. The van der Waals surface area contributed by atoms with Crippen molar-refractivity contribution in [3.63, 3.8) is 0 Å². The Hall–Kier alpha value is -1.88. The number of aromatic nitrogens is 2. The van der Waals surface area contributed by atoms with Gasteiger partial charge in [0.25, 0.3) is 5.56 Å². The van der Waals surface area contributed by atoms with Crippen LogP contribution in [0.3, 0.4) is 0 Å². The first-order valence-corrected chi connectivity index (χ1v) is 9.74. The van der Waals surface area contributed by atoms with E-state index in [-0.39, 0.29) is 17.5 Å². The van der Waals surface area contributed by atoms with Crippen molar-refractivity contribution in [1.29, 1.82) is 0 Å². The van der Waals surface area contributed by atoms with E-state index in [0.29, 0.717) is 34.7 Å². The summed E-state index contributed by atoms with van der Waals surface area (Å²) in [5.74, 6) is 0.697. The van der Waals surface area contributed by atoms with Gasteiger partial charge in [-0.25, -0.2) is 4.98 Å². The van der Waals surface area contributed by atoms with Gasteiger partial charge in [0, 0.05) is 25.0 Å². The predicted molar refractivity (Wildman–Crippen MR) is 107 cm³/mol. The molecule has 26 heavy (non-hydrogen) atoms. The van der Waals surface area contributed by atoms with Crippen molar-refractivity contribution >= 4 is 28.4 Å². The number of hydrogen-bond acceptors (Lipinski definition) is 3. The second-order valence-electron chi connectivity index (χ2n) is 6.72. The molecule has 1 unspecified atom stereocenters. The molecule has 1 atom stereocenters. The highest BCUT2D eigenvalue weighted by atomic mass is 35.5. The molecule has 1 amide bonds. The number of rotatable bonds is 8. The topological polar surface area (TPSA) is 55.2 Å². The minimum Gasteiger partial charge on any atom is -0.333 e. The number of nitrogens with zero attached hydrogens (tertiary/aromatic N) is 3. The van der Waals surface area contributed by atoms with E-state index in [0.717, 1.165) is 25.7 Å². The standard InChI is InChI=1S/C20H28ClN3O2/c1-5-7-8-12-24(18(25)9-6-2)14(3)19-22-17-13-15(21)10-11-16(17)20(26)23(19)4/h10-11,13-14H,5-9,12H2,1-4H3. The summed E-state index contributed by atoms with van der Waals surface area (Å²) in [6, 6.07) is 4.82. The Labute approximate surface area is 160 Å². The lowest BCUT2D eigenvalue weighted by atomic mass is 10.1. The molecule has 0 bridgehead atoms. The Morgan fingerprint density at radius 3 is 2.65 bits per heavy atom. The van der Waals surface area contributed by atoms with E-state index >= 15 is 0 Å². The van der Waals surface area contributed by atoms with Crippen LogP contribution in [0, 0.1) is 0 Å². The van der Waals surface area contributed by atoms with Crippen LogP contribution >= 0.6 is 11.6 Å². The van der Waals surface area contributed by atoms with E-state index < -0.39 is 0 Å². The molecule has 0 radical (unpaired) electrons. The molecule has 0 fully saturated rings. The molecular formula is C20H28ClN3O2. The lowest BCUT2D eigenvalue weighted by Crippen LogP contribution is -2.37. The molecule has 0 spiro atoms. The van der Waals surface area contributed by atoms with Crippen molar-refractivity contribution in [3.05, 3.63) is 39.4 Å². The number of fused-ring (bicyclic) bond motifs is 1. The summed E-state index contributed by atoms with van der Waals surface area (Å²) in [4.78, 5) is 31.9. The van der Waals surface area contributed by atoms with Gasteiger partial charge >= 0.3 is 0 Å². The number of hydrogen-bond donors (Lipinski definition) is 0. The summed E-state index contributed by atoms with van der Waals surface area (Å²) in [7, 11) is 1.71. The Balaban J connectivity index is 2.46. The van der Waals surface area contributed by atoms with Crippen molar-refractivity contribution in [1.82, 2.24) is 14.5 Å². The van der Waals surface area contributed by atoms with Crippen molar-refractivity contribution < 1.29 is 4.79 Å². The Bertz CT molecular complexity index is 832. The third-order valence-electron chi connectivity index (χ3n) is 4.70. The van der Waals surface area contributed by atoms with Crippen molar-refractivity contribution in [2.24, 2.45) is 7.05 Å². The molecule has 0 aliphatic rings. The second-order valence-corrected chi connectivity index (χ2v) is 7.15. The molecule has 6 heteroatoms. The minimum atomic E-state index is -0.271. The maximum atomic E-state index is 12.7. The minimum absolute atomic E-state index is 0.108. The predicted octanol–water partition coefficient (Wildman–Crippen LogP) is 4.47. The van der Waals surface area contributed by atoms with E-state index in [2.05, 4.69) is 11.9 Å². The molecule has 0 saturated heterocycles. The average molecular weight is 378 g/mol. The fraction of sp³-hybridized carbons (Fsp3) is 0.550. The highest BCUT2D eigenvalue weighted by Crippen LogP contribution is 2.22. The van der Waals surface area contributed by atoms with Crippen LogP contribution in [0.4, 0.5) is 0 Å². The van der Waals surface area contributed by atoms with Gasteiger partial charge in [0.1, 0.15) is 5.82 Å². The summed E-state index contributed by atoms with van der Waals surface area (Å²) < 4.78 is 1.55. The van der Waals surface area contributed by atoms with Gasteiger partial charge < -0.3 is 4.90 Å². The van der Waals surface area contributed by atoms with Gasteiger partial charge in [-0.3, -0.25) is 14.2 Å². The van der Waals surface area contributed by atoms with E-state index in [4.69, 9.17) is 11.6 Å². The molecule has 5 nitrogen and oxygen atoms in total. The van der Waals surface area contributed by atoms with E-state index in [1.807, 2.05) is 18.7 Å². The van der Waals surface area contributed by atoms with Gasteiger partial charge in [-0.2, -0.15) is 0 Å². The van der Waals surface area contributed by atoms with Crippen LogP contribution < -0.4 is 5.56 Å². The van der Waals surface area contributed by atoms with Crippen LogP contribution in [0.15, 0.2) is 23.0 Å². The van der Waals surface area contributed by atoms with Crippen LogP contribution in [0.5, 0.6) is 0 Å². The Morgan fingerprint density at radius 2 is 2.00 bits per heavy atom. The molecule has 0 aliphatic heterocycles. The third kappa shape index (κ3) is 4.44. The van der Waals surface area contributed by atoms with Gasteiger partial charge in [-0.15, -0.1) is 0 Å². The van der Waals surface area contributed by atoms with E-state index in [9.17, 15) is 9.59 Å². The average Bonchev–Trinajstić information content (AvgIpc) is 2.61. The van der Waals surface area contributed by atoms with Crippen LogP contribution in [0.25, 0.3) is 10.9 Å². The van der Waals surface area contributed by atoms with Gasteiger partial charge in [0.05, 0.1) is 16.9 Å². The highest BCUT2D eigenvalue weighted by Gasteiger charge is 2.24. The van der Waals surface area contributed by atoms with Crippen LogP contribution in [0.2, 0.25) is 5.02 Å². The van der Waals surface area contributed by atoms with Crippen molar-refractivity contribution in [2.75, 3.05) is 6.54 Å². The van der Waals surface area contributed by atoms with Crippen molar-refractivity contribution in [2.45, 2.75) is 58.9 Å². The first-order valence-electron chi connectivity index (χ1n) is 9.36. The fourth-order valence-electron chi connectivity index (χ4n) is 3.20. The van der Waals surface area contributed by atoms with Crippen LogP contribution in [0.1, 0.15) is 64.7 Å². The highest BCUT2D eigenvalue weighted by molar-refractivity contribution is 6.31. The molecule has 2 rings (SSSR count). The quantitative estimate of drug-likeness (QED) is 0.638. The smallest absolute Gasteiger partial charge is 0.261 e. The lowest BCUT2D eigenvalue weighted by molar-refractivity contribution is -0.133. The number of carbonyl (C=O) groups excluding carboxylic acids is 1. The first-order chi connectivity index (χ1) is 12.4. The van der Waals surface area contributed by atoms with Gasteiger partial charge in [0.15, 0.2) is 0 Å².